The number of ether oxygens (including phenoxy) is 3. The highest BCUT2D eigenvalue weighted by Crippen LogP contribution is 2.44. The summed E-state index contributed by atoms with van der Waals surface area (Å²) in [7, 11) is -7.01. The first-order valence-electron chi connectivity index (χ1n) is 16.9. The van der Waals surface area contributed by atoms with Crippen molar-refractivity contribution < 1.29 is 46.1 Å². The van der Waals surface area contributed by atoms with Gasteiger partial charge in [0.25, 0.3) is 0 Å². The normalized spacial score (nSPS) is 13.9. The Hall–Kier alpha value is -4.53. The molecule has 3 aromatic carbocycles. The lowest BCUT2D eigenvalue weighted by molar-refractivity contribution is -0.146. The molecule has 0 aliphatic rings. The minimum Gasteiger partial charge on any atom is -0.460 e. The summed E-state index contributed by atoms with van der Waals surface area (Å²) < 4.78 is 60.2. The highest BCUT2D eigenvalue weighted by atomic mass is 32.2. The number of hydrogen-bond donors (Lipinski definition) is 3. The van der Waals surface area contributed by atoms with Crippen LogP contribution in [0.1, 0.15) is 38.3 Å². The van der Waals surface area contributed by atoms with Crippen molar-refractivity contribution in [2.45, 2.75) is 52.5 Å². The molecular weight excluding hydrogens is 723 g/mol. The van der Waals surface area contributed by atoms with Gasteiger partial charge in [0.15, 0.2) is 0 Å². The highest BCUT2D eigenvalue weighted by molar-refractivity contribution is 7.90. The van der Waals surface area contributed by atoms with Crippen molar-refractivity contribution in [3.8, 4) is 5.75 Å². The zero-order chi connectivity index (χ0) is 38.9. The van der Waals surface area contributed by atoms with Crippen molar-refractivity contribution in [3.05, 3.63) is 108 Å². The molecule has 0 spiro atoms. The smallest absolute Gasteiger partial charge is 0.411 e. The summed E-state index contributed by atoms with van der Waals surface area (Å²) in [5, 5.41) is 5.52. The van der Waals surface area contributed by atoms with Gasteiger partial charge >= 0.3 is 19.6 Å². The molecular formula is C37H49N4O10PS. The molecule has 3 atom stereocenters. The lowest BCUT2D eigenvalue weighted by Crippen LogP contribution is -2.37. The molecule has 1 unspecified atom stereocenters. The van der Waals surface area contributed by atoms with Gasteiger partial charge in [0.2, 0.25) is 5.91 Å². The fraction of sp³-hybridized carbons (Fsp3) is 0.378. The SMILES string of the molecule is C/C(=C\CCP(=O)(N[C@@H](C)C(=O)OCc1ccccc1)Oc1ccccc1)COCN(CCS(C)(=O)=O)C(=O)OCc1ccc(NC(=O)[C@H](C)N)cc1. The first-order valence-corrected chi connectivity index (χ1v) is 20.8. The largest absolute Gasteiger partial charge is 0.460 e. The molecule has 0 bridgehead atoms. The van der Waals surface area contributed by atoms with Gasteiger partial charge in [0, 0.05) is 18.5 Å². The number of amides is 2. The van der Waals surface area contributed by atoms with E-state index in [0.29, 0.717) is 23.4 Å². The Morgan fingerprint density at radius 3 is 2.13 bits per heavy atom. The second-order valence-corrected chi connectivity index (χ2v) is 17.0. The maximum atomic E-state index is 14.0. The molecule has 14 nitrogen and oxygen atoms in total. The molecule has 0 fully saturated rings. The minimum absolute atomic E-state index is 0.0435. The van der Waals surface area contributed by atoms with Crippen LogP contribution in [0.3, 0.4) is 0 Å². The third kappa shape index (κ3) is 16.8. The summed E-state index contributed by atoms with van der Waals surface area (Å²) in [5.41, 5.74) is 8.32. The van der Waals surface area contributed by atoms with E-state index in [1.165, 1.54) is 0 Å². The third-order valence-electron chi connectivity index (χ3n) is 7.44. The number of rotatable bonds is 21. The predicted molar refractivity (Wildman–Crippen MR) is 203 cm³/mol. The molecule has 0 heterocycles. The van der Waals surface area contributed by atoms with Gasteiger partial charge in [-0.3, -0.25) is 19.1 Å². The number of nitrogens with zero attached hydrogens (tertiary/aromatic N) is 1. The number of nitrogens with two attached hydrogens (primary N) is 1. The molecule has 0 radical (unpaired) electrons. The number of para-hydroxylation sites is 1. The second-order valence-electron chi connectivity index (χ2n) is 12.5. The maximum Gasteiger partial charge on any atom is 0.411 e. The van der Waals surface area contributed by atoms with Crippen molar-refractivity contribution in [1.82, 2.24) is 9.99 Å². The van der Waals surface area contributed by atoms with Gasteiger partial charge in [-0.1, -0.05) is 72.3 Å². The van der Waals surface area contributed by atoms with Crippen molar-refractivity contribution >= 4 is 41.0 Å². The molecule has 16 heteroatoms. The fourth-order valence-electron chi connectivity index (χ4n) is 4.51. The number of esters is 1. The van der Waals surface area contributed by atoms with Crippen LogP contribution in [0.2, 0.25) is 0 Å². The lowest BCUT2D eigenvalue weighted by atomic mass is 10.2. The third-order valence-corrected chi connectivity index (χ3v) is 10.5. The zero-order valence-electron chi connectivity index (χ0n) is 30.4. The number of carbonyl (C=O) groups is 3. The van der Waals surface area contributed by atoms with Crippen molar-refractivity contribution in [1.29, 1.82) is 0 Å². The molecule has 3 rings (SSSR count). The summed E-state index contributed by atoms with van der Waals surface area (Å²) in [4.78, 5) is 38.6. The van der Waals surface area contributed by atoms with Gasteiger partial charge in [-0.05, 0) is 62.6 Å². The van der Waals surface area contributed by atoms with Gasteiger partial charge < -0.3 is 29.8 Å². The number of hydrogen-bond acceptors (Lipinski definition) is 11. The Balaban J connectivity index is 1.55. The summed E-state index contributed by atoms with van der Waals surface area (Å²) in [5.74, 6) is -0.837. The molecule has 0 aromatic heterocycles. The predicted octanol–water partition coefficient (Wildman–Crippen LogP) is 5.26. The van der Waals surface area contributed by atoms with E-state index < -0.39 is 41.5 Å². The van der Waals surface area contributed by atoms with Crippen LogP contribution in [0, 0.1) is 0 Å². The van der Waals surface area contributed by atoms with E-state index in [4.69, 9.17) is 24.5 Å². The Morgan fingerprint density at radius 1 is 0.906 bits per heavy atom. The maximum absolute atomic E-state index is 14.0. The van der Waals surface area contributed by atoms with Crippen LogP contribution in [0.25, 0.3) is 0 Å². The van der Waals surface area contributed by atoms with E-state index in [2.05, 4.69) is 10.4 Å². The Labute approximate surface area is 311 Å². The van der Waals surface area contributed by atoms with Crippen LogP contribution < -0.4 is 20.7 Å². The molecule has 288 valence electrons. The van der Waals surface area contributed by atoms with E-state index in [9.17, 15) is 27.4 Å². The molecule has 4 N–H and O–H groups in total. The molecule has 3 aromatic rings. The highest BCUT2D eigenvalue weighted by Gasteiger charge is 2.30. The second kappa shape index (κ2) is 21.2. The van der Waals surface area contributed by atoms with Crippen LogP contribution in [-0.2, 0) is 51.4 Å². The molecule has 0 saturated heterocycles. The molecule has 2 amide bonds. The Bertz CT molecular complexity index is 1810. The van der Waals surface area contributed by atoms with Crippen LogP contribution in [0.5, 0.6) is 5.75 Å². The monoisotopic (exact) mass is 772 g/mol. The number of nitrogens with one attached hydrogen (secondary N) is 2. The zero-order valence-corrected chi connectivity index (χ0v) is 32.1. The van der Waals surface area contributed by atoms with E-state index in [1.807, 2.05) is 30.3 Å². The van der Waals surface area contributed by atoms with Gasteiger partial charge in [0.05, 0.1) is 24.6 Å². The summed E-state index contributed by atoms with van der Waals surface area (Å²) in [6, 6.07) is 22.9. The first kappa shape index (κ1) is 42.9. The summed E-state index contributed by atoms with van der Waals surface area (Å²) in [6.07, 6.45) is 2.44. The standard InChI is InChI=1S/C37H49N4O10PS/c1-28(12-11-22-52(45,51-34-15-9-6-10-16-34)40-30(3)36(43)49-25-31-13-7-5-8-14-31)24-48-27-41(21-23-53(4,46)47)37(44)50-26-32-17-19-33(20-18-32)39-35(42)29(2)38/h5-10,12-20,29-30H,11,21-27,38H2,1-4H3,(H,39,42)(H,40,45)/b28-12+/t29-,30-,52?/m0/s1. The van der Waals surface area contributed by atoms with Crippen LogP contribution in [0.4, 0.5) is 10.5 Å². The minimum atomic E-state index is -3.62. The Kier molecular flexibility index (Phi) is 17.2. The van der Waals surface area contributed by atoms with Crippen LogP contribution >= 0.6 is 7.52 Å². The van der Waals surface area contributed by atoms with Gasteiger partial charge in [-0.2, -0.15) is 0 Å². The van der Waals surface area contributed by atoms with Crippen molar-refractivity contribution in [2.75, 3.05) is 43.4 Å². The van der Waals surface area contributed by atoms with E-state index >= 15 is 0 Å². The quantitative estimate of drug-likeness (QED) is 0.0552. The molecule has 53 heavy (non-hydrogen) atoms. The van der Waals surface area contributed by atoms with E-state index in [1.54, 1.807) is 81.4 Å². The van der Waals surface area contributed by atoms with Crippen LogP contribution in [0.15, 0.2) is 96.6 Å². The number of carbonyl (C=O) groups excluding carboxylic acids is 3. The average molecular weight is 773 g/mol. The van der Waals surface area contributed by atoms with Gasteiger partial charge in [-0.25, -0.2) is 18.3 Å². The van der Waals surface area contributed by atoms with Gasteiger partial charge in [-0.15, -0.1) is 0 Å². The first-order chi connectivity index (χ1) is 25.1. The molecule has 0 aliphatic heterocycles. The van der Waals surface area contributed by atoms with E-state index in [0.717, 1.165) is 22.3 Å². The number of anilines is 1. The molecule has 0 aliphatic carbocycles. The van der Waals surface area contributed by atoms with E-state index in [-0.39, 0.29) is 50.9 Å². The number of benzene rings is 3. The van der Waals surface area contributed by atoms with Crippen molar-refractivity contribution in [3.63, 3.8) is 0 Å². The van der Waals surface area contributed by atoms with Crippen molar-refractivity contribution in [2.24, 2.45) is 5.73 Å². The summed E-state index contributed by atoms with van der Waals surface area (Å²) in [6.45, 7) is 4.57. The molecule has 0 saturated carbocycles. The summed E-state index contributed by atoms with van der Waals surface area (Å²) >= 11 is 0. The lowest BCUT2D eigenvalue weighted by Gasteiger charge is -2.23. The number of allylic oxidation sites excluding steroid dienone is 1. The van der Waals surface area contributed by atoms with Crippen LogP contribution in [-0.4, -0.2) is 81.4 Å². The average Bonchev–Trinajstić information content (AvgIpc) is 3.11. The van der Waals surface area contributed by atoms with Gasteiger partial charge in [0.1, 0.15) is 41.6 Å². The number of sulfone groups is 1. The fourth-order valence-corrected chi connectivity index (χ4v) is 6.96. The Morgan fingerprint density at radius 2 is 1.51 bits per heavy atom. The topological polar surface area (TPSA) is 193 Å².